The quantitative estimate of drug-likeness (QED) is 0.857. The van der Waals surface area contributed by atoms with Crippen LogP contribution in [0.25, 0.3) is 6.08 Å². The van der Waals surface area contributed by atoms with Crippen molar-refractivity contribution in [3.63, 3.8) is 0 Å². The minimum atomic E-state index is -0.136. The molecule has 2 aromatic carbocycles. The number of ether oxygens (including phenoxy) is 1. The summed E-state index contributed by atoms with van der Waals surface area (Å²) in [6.07, 6.45) is 3.36. The SMILES string of the molecule is COc1ccc(CCC2=N/C(=C\c3ccccc3C)C(=O)N2)cc1. The van der Waals surface area contributed by atoms with E-state index in [1.54, 1.807) is 7.11 Å². The van der Waals surface area contributed by atoms with Gasteiger partial charge in [-0.05, 0) is 48.2 Å². The molecule has 4 heteroatoms. The van der Waals surface area contributed by atoms with E-state index in [9.17, 15) is 4.79 Å². The van der Waals surface area contributed by atoms with Gasteiger partial charge < -0.3 is 10.1 Å². The van der Waals surface area contributed by atoms with Gasteiger partial charge in [-0.2, -0.15) is 0 Å². The number of carbonyl (C=O) groups is 1. The number of benzene rings is 2. The number of amides is 1. The molecule has 1 amide bonds. The fourth-order valence-corrected chi connectivity index (χ4v) is 2.59. The van der Waals surface area contributed by atoms with E-state index in [4.69, 9.17) is 4.74 Å². The molecule has 4 nitrogen and oxygen atoms in total. The molecule has 122 valence electrons. The highest BCUT2D eigenvalue weighted by molar-refractivity contribution is 6.14. The Bertz CT molecular complexity index is 805. The molecule has 0 aromatic heterocycles. The molecule has 0 bridgehead atoms. The van der Waals surface area contributed by atoms with Gasteiger partial charge in [0.2, 0.25) is 0 Å². The molecule has 3 rings (SSSR count). The van der Waals surface area contributed by atoms with E-state index in [2.05, 4.69) is 10.3 Å². The second-order valence-corrected chi connectivity index (χ2v) is 5.75. The number of rotatable bonds is 5. The molecule has 1 aliphatic rings. The van der Waals surface area contributed by atoms with E-state index in [-0.39, 0.29) is 5.91 Å². The first-order valence-electron chi connectivity index (χ1n) is 7.95. The molecule has 0 fully saturated rings. The van der Waals surface area contributed by atoms with Crippen LogP contribution in [-0.2, 0) is 11.2 Å². The van der Waals surface area contributed by atoms with E-state index < -0.39 is 0 Å². The Balaban J connectivity index is 1.69. The van der Waals surface area contributed by atoms with Gasteiger partial charge in [0, 0.05) is 6.42 Å². The highest BCUT2D eigenvalue weighted by Gasteiger charge is 2.19. The van der Waals surface area contributed by atoms with Crippen molar-refractivity contribution in [2.75, 3.05) is 7.11 Å². The Hall–Kier alpha value is -2.88. The van der Waals surface area contributed by atoms with Crippen molar-refractivity contribution in [1.29, 1.82) is 0 Å². The predicted molar refractivity (Wildman–Crippen MR) is 96.0 cm³/mol. The Labute approximate surface area is 141 Å². The maximum Gasteiger partial charge on any atom is 0.275 e. The van der Waals surface area contributed by atoms with Crippen LogP contribution in [0.3, 0.4) is 0 Å². The molecule has 0 saturated carbocycles. The van der Waals surface area contributed by atoms with Crippen molar-refractivity contribution in [3.05, 3.63) is 70.9 Å². The molecule has 0 radical (unpaired) electrons. The first-order chi connectivity index (χ1) is 11.7. The lowest BCUT2D eigenvalue weighted by Gasteiger charge is -2.03. The summed E-state index contributed by atoms with van der Waals surface area (Å²) in [6.45, 7) is 2.02. The standard InChI is InChI=1S/C20H20N2O2/c1-14-5-3-4-6-16(14)13-18-20(23)22-19(21-18)12-9-15-7-10-17(24-2)11-8-15/h3-8,10-11,13H,9,12H2,1-2H3,(H,21,22,23)/b18-13-. The highest BCUT2D eigenvalue weighted by Crippen LogP contribution is 2.17. The van der Waals surface area contributed by atoms with Crippen LogP contribution in [0, 0.1) is 6.92 Å². The average molecular weight is 320 g/mol. The van der Waals surface area contributed by atoms with Gasteiger partial charge in [-0.1, -0.05) is 36.4 Å². The summed E-state index contributed by atoms with van der Waals surface area (Å²) in [5.74, 6) is 1.42. The monoisotopic (exact) mass is 320 g/mol. The van der Waals surface area contributed by atoms with Crippen LogP contribution in [0.5, 0.6) is 5.75 Å². The van der Waals surface area contributed by atoms with E-state index >= 15 is 0 Å². The normalized spacial score (nSPS) is 15.3. The van der Waals surface area contributed by atoms with Crippen LogP contribution in [0.15, 0.2) is 59.2 Å². The van der Waals surface area contributed by atoms with Gasteiger partial charge in [-0.3, -0.25) is 4.79 Å². The van der Waals surface area contributed by atoms with E-state index in [1.807, 2.05) is 61.5 Å². The van der Waals surface area contributed by atoms with E-state index in [0.29, 0.717) is 12.1 Å². The lowest BCUT2D eigenvalue weighted by atomic mass is 10.1. The van der Waals surface area contributed by atoms with Gasteiger partial charge >= 0.3 is 0 Å². The lowest BCUT2D eigenvalue weighted by molar-refractivity contribution is -0.115. The summed E-state index contributed by atoms with van der Waals surface area (Å²) >= 11 is 0. The van der Waals surface area contributed by atoms with Crippen LogP contribution in [0.4, 0.5) is 0 Å². The number of carbonyl (C=O) groups excluding carboxylic acids is 1. The third-order valence-corrected chi connectivity index (χ3v) is 4.04. The number of methoxy groups -OCH3 is 1. The van der Waals surface area contributed by atoms with Crippen molar-refractivity contribution >= 4 is 17.8 Å². The molecule has 2 aromatic rings. The number of amidine groups is 1. The zero-order valence-corrected chi connectivity index (χ0v) is 13.9. The largest absolute Gasteiger partial charge is 0.497 e. The molecule has 0 aliphatic carbocycles. The topological polar surface area (TPSA) is 50.7 Å². The van der Waals surface area contributed by atoms with E-state index in [0.717, 1.165) is 29.1 Å². The van der Waals surface area contributed by atoms with Gasteiger partial charge in [0.1, 0.15) is 17.3 Å². The predicted octanol–water partition coefficient (Wildman–Crippen LogP) is 3.51. The van der Waals surface area contributed by atoms with Crippen molar-refractivity contribution in [2.45, 2.75) is 19.8 Å². The van der Waals surface area contributed by atoms with Gasteiger partial charge in [0.25, 0.3) is 5.91 Å². The van der Waals surface area contributed by atoms with Crippen LogP contribution in [0.1, 0.15) is 23.1 Å². The van der Waals surface area contributed by atoms with Crippen molar-refractivity contribution < 1.29 is 9.53 Å². The molecule has 1 heterocycles. The smallest absolute Gasteiger partial charge is 0.275 e. The lowest BCUT2D eigenvalue weighted by Crippen LogP contribution is -2.24. The molecular weight excluding hydrogens is 300 g/mol. The zero-order chi connectivity index (χ0) is 16.9. The second-order valence-electron chi connectivity index (χ2n) is 5.75. The van der Waals surface area contributed by atoms with Crippen molar-refractivity contribution in [1.82, 2.24) is 5.32 Å². The Morgan fingerprint density at radius 3 is 2.54 bits per heavy atom. The van der Waals surface area contributed by atoms with Crippen LogP contribution >= 0.6 is 0 Å². The third kappa shape index (κ3) is 3.71. The maximum absolute atomic E-state index is 12.1. The van der Waals surface area contributed by atoms with Gasteiger partial charge in [0.15, 0.2) is 0 Å². The number of hydrogen-bond donors (Lipinski definition) is 1. The maximum atomic E-state index is 12.1. The summed E-state index contributed by atoms with van der Waals surface area (Å²) in [5.41, 5.74) is 3.79. The molecule has 1 N–H and O–H groups in total. The second kappa shape index (κ2) is 7.13. The average Bonchev–Trinajstić information content (AvgIpc) is 2.95. The summed E-state index contributed by atoms with van der Waals surface area (Å²) in [6, 6.07) is 15.9. The highest BCUT2D eigenvalue weighted by atomic mass is 16.5. The van der Waals surface area contributed by atoms with Crippen LogP contribution in [0.2, 0.25) is 0 Å². The Morgan fingerprint density at radius 2 is 1.83 bits per heavy atom. The molecule has 0 saturated heterocycles. The first-order valence-corrected chi connectivity index (χ1v) is 7.95. The number of aryl methyl sites for hydroxylation is 2. The molecule has 0 unspecified atom stereocenters. The number of hydrogen-bond acceptors (Lipinski definition) is 3. The summed E-state index contributed by atoms with van der Waals surface area (Å²) in [5, 5.41) is 2.85. The number of aliphatic imine (C=N–C) groups is 1. The minimum absolute atomic E-state index is 0.136. The Morgan fingerprint density at radius 1 is 1.08 bits per heavy atom. The number of nitrogens with zero attached hydrogens (tertiary/aromatic N) is 1. The molecule has 0 atom stereocenters. The van der Waals surface area contributed by atoms with Crippen molar-refractivity contribution in [2.24, 2.45) is 4.99 Å². The molecular formula is C20H20N2O2. The summed E-state index contributed by atoms with van der Waals surface area (Å²) in [4.78, 5) is 16.5. The van der Waals surface area contributed by atoms with Crippen molar-refractivity contribution in [3.8, 4) is 5.75 Å². The summed E-state index contributed by atoms with van der Waals surface area (Å²) < 4.78 is 5.15. The fraction of sp³-hybridized carbons (Fsp3) is 0.200. The van der Waals surface area contributed by atoms with Gasteiger partial charge in [-0.25, -0.2) is 4.99 Å². The molecule has 24 heavy (non-hydrogen) atoms. The van der Waals surface area contributed by atoms with Gasteiger partial charge in [-0.15, -0.1) is 0 Å². The summed E-state index contributed by atoms with van der Waals surface area (Å²) in [7, 11) is 1.65. The number of nitrogens with one attached hydrogen (secondary N) is 1. The third-order valence-electron chi connectivity index (χ3n) is 4.04. The van der Waals surface area contributed by atoms with Crippen LogP contribution in [-0.4, -0.2) is 18.9 Å². The minimum Gasteiger partial charge on any atom is -0.497 e. The molecule has 1 aliphatic heterocycles. The van der Waals surface area contributed by atoms with E-state index in [1.165, 1.54) is 5.56 Å². The zero-order valence-electron chi connectivity index (χ0n) is 13.9. The van der Waals surface area contributed by atoms with Gasteiger partial charge in [0.05, 0.1) is 7.11 Å². The van der Waals surface area contributed by atoms with Crippen LogP contribution < -0.4 is 10.1 Å². The molecule has 0 spiro atoms. The fourth-order valence-electron chi connectivity index (χ4n) is 2.59. The Kier molecular flexibility index (Phi) is 4.75. The first kappa shape index (κ1) is 16.0.